The maximum Gasteiger partial charge on any atom is 0.247 e. The number of rotatable bonds is 6. The lowest BCUT2D eigenvalue weighted by atomic mass is 10.1. The summed E-state index contributed by atoms with van der Waals surface area (Å²) >= 11 is 0. The first-order valence-electron chi connectivity index (χ1n) is 10.3. The van der Waals surface area contributed by atoms with E-state index in [0.29, 0.717) is 11.6 Å². The SMILES string of the molecule is CC(=O)Nc1ccc(-c2ccc(NC(=O)Cn3cc(-c4ccnc(C)c4)c(C)n3)nc2)cn1. The van der Waals surface area contributed by atoms with E-state index in [1.165, 1.54) is 6.92 Å². The summed E-state index contributed by atoms with van der Waals surface area (Å²) in [6, 6.07) is 11.1. The van der Waals surface area contributed by atoms with Crippen molar-refractivity contribution in [3.8, 4) is 22.3 Å². The Hall–Kier alpha value is -4.40. The van der Waals surface area contributed by atoms with Gasteiger partial charge in [-0.05, 0) is 55.8 Å². The number of hydrogen-bond acceptors (Lipinski definition) is 6. The van der Waals surface area contributed by atoms with E-state index in [1.54, 1.807) is 35.4 Å². The van der Waals surface area contributed by atoms with Gasteiger partial charge in [0, 0.05) is 54.1 Å². The largest absolute Gasteiger partial charge is 0.311 e. The van der Waals surface area contributed by atoms with Crippen LogP contribution < -0.4 is 10.6 Å². The predicted octanol–water partition coefficient (Wildman–Crippen LogP) is 3.62. The zero-order valence-corrected chi connectivity index (χ0v) is 18.5. The van der Waals surface area contributed by atoms with Gasteiger partial charge in [-0.15, -0.1) is 0 Å². The number of carbonyl (C=O) groups is 2. The molecule has 9 nitrogen and oxygen atoms in total. The Morgan fingerprint density at radius 1 is 0.879 bits per heavy atom. The molecule has 0 radical (unpaired) electrons. The smallest absolute Gasteiger partial charge is 0.247 e. The van der Waals surface area contributed by atoms with E-state index in [0.717, 1.165) is 33.6 Å². The quantitative estimate of drug-likeness (QED) is 0.472. The molecule has 9 heteroatoms. The number of nitrogens with zero attached hydrogens (tertiary/aromatic N) is 5. The van der Waals surface area contributed by atoms with Gasteiger partial charge in [0.25, 0.3) is 0 Å². The molecular formula is C24H23N7O2. The zero-order chi connectivity index (χ0) is 23.4. The van der Waals surface area contributed by atoms with E-state index in [-0.39, 0.29) is 18.4 Å². The van der Waals surface area contributed by atoms with Gasteiger partial charge in [-0.1, -0.05) is 0 Å². The second kappa shape index (κ2) is 9.39. The Kier molecular flexibility index (Phi) is 6.21. The van der Waals surface area contributed by atoms with Crippen LogP contribution in [-0.2, 0) is 16.1 Å². The molecule has 4 aromatic heterocycles. The van der Waals surface area contributed by atoms with Crippen LogP contribution in [0.15, 0.2) is 61.2 Å². The topological polar surface area (TPSA) is 115 Å². The molecule has 0 spiro atoms. The molecule has 0 saturated heterocycles. The normalized spacial score (nSPS) is 10.6. The summed E-state index contributed by atoms with van der Waals surface area (Å²) in [5.74, 6) is 0.530. The maximum absolute atomic E-state index is 12.5. The van der Waals surface area contributed by atoms with Gasteiger partial charge in [-0.3, -0.25) is 19.3 Å². The number of carbonyl (C=O) groups excluding carboxylic acids is 2. The van der Waals surface area contributed by atoms with E-state index in [1.807, 2.05) is 44.3 Å². The van der Waals surface area contributed by atoms with Gasteiger partial charge in [-0.25, -0.2) is 9.97 Å². The molecule has 33 heavy (non-hydrogen) atoms. The molecule has 0 bridgehead atoms. The van der Waals surface area contributed by atoms with Crippen molar-refractivity contribution in [2.75, 3.05) is 10.6 Å². The van der Waals surface area contributed by atoms with Gasteiger partial charge in [0.15, 0.2) is 0 Å². The molecule has 0 aliphatic carbocycles. The van der Waals surface area contributed by atoms with Crippen LogP contribution in [0, 0.1) is 13.8 Å². The highest BCUT2D eigenvalue weighted by Crippen LogP contribution is 2.23. The van der Waals surface area contributed by atoms with Crippen LogP contribution in [0.4, 0.5) is 11.6 Å². The molecular weight excluding hydrogens is 418 g/mol. The van der Waals surface area contributed by atoms with Crippen molar-refractivity contribution in [3.63, 3.8) is 0 Å². The van der Waals surface area contributed by atoms with E-state index in [2.05, 4.69) is 30.7 Å². The lowest BCUT2D eigenvalue weighted by Gasteiger charge is -2.07. The summed E-state index contributed by atoms with van der Waals surface area (Å²) < 4.78 is 1.62. The van der Waals surface area contributed by atoms with Crippen LogP contribution >= 0.6 is 0 Å². The lowest BCUT2D eigenvalue weighted by Crippen LogP contribution is -2.19. The van der Waals surface area contributed by atoms with Gasteiger partial charge in [-0.2, -0.15) is 5.10 Å². The molecule has 0 fully saturated rings. The van der Waals surface area contributed by atoms with Crippen molar-refractivity contribution in [1.29, 1.82) is 0 Å². The van der Waals surface area contributed by atoms with Gasteiger partial charge in [0.2, 0.25) is 11.8 Å². The number of amides is 2. The molecule has 4 heterocycles. The zero-order valence-electron chi connectivity index (χ0n) is 18.5. The van der Waals surface area contributed by atoms with Crippen molar-refractivity contribution in [1.82, 2.24) is 24.7 Å². The molecule has 0 aromatic carbocycles. The predicted molar refractivity (Wildman–Crippen MR) is 125 cm³/mol. The number of pyridine rings is 3. The summed E-state index contributed by atoms with van der Waals surface area (Å²) in [4.78, 5) is 36.4. The van der Waals surface area contributed by atoms with Crippen LogP contribution in [0.2, 0.25) is 0 Å². The first-order valence-corrected chi connectivity index (χ1v) is 10.3. The third-order valence-corrected chi connectivity index (χ3v) is 4.89. The van der Waals surface area contributed by atoms with Crippen LogP contribution in [-0.4, -0.2) is 36.5 Å². The van der Waals surface area contributed by atoms with Gasteiger partial charge in [0.05, 0.1) is 5.69 Å². The Balaban J connectivity index is 1.39. The first-order chi connectivity index (χ1) is 15.9. The minimum Gasteiger partial charge on any atom is -0.311 e. The number of aryl methyl sites for hydroxylation is 2. The molecule has 0 aliphatic rings. The summed E-state index contributed by atoms with van der Waals surface area (Å²) in [5.41, 5.74) is 5.44. The van der Waals surface area contributed by atoms with Crippen LogP contribution in [0.1, 0.15) is 18.3 Å². The Labute approximate surface area is 190 Å². The Bertz CT molecular complexity index is 1300. The molecule has 0 aliphatic heterocycles. The van der Waals surface area contributed by atoms with E-state index in [9.17, 15) is 9.59 Å². The second-order valence-corrected chi connectivity index (χ2v) is 7.61. The molecule has 0 atom stereocenters. The number of aromatic nitrogens is 5. The number of anilines is 2. The Morgan fingerprint density at radius 2 is 1.55 bits per heavy atom. The molecule has 0 unspecified atom stereocenters. The minimum absolute atomic E-state index is 0.0723. The van der Waals surface area contributed by atoms with Crippen LogP contribution in [0.5, 0.6) is 0 Å². The maximum atomic E-state index is 12.5. The van der Waals surface area contributed by atoms with Crippen LogP contribution in [0.3, 0.4) is 0 Å². The first kappa shape index (κ1) is 21.8. The minimum atomic E-state index is -0.225. The van der Waals surface area contributed by atoms with E-state index >= 15 is 0 Å². The summed E-state index contributed by atoms with van der Waals surface area (Å²) in [5, 5.41) is 9.88. The third-order valence-electron chi connectivity index (χ3n) is 4.89. The number of hydrogen-bond donors (Lipinski definition) is 2. The van der Waals surface area contributed by atoms with Gasteiger partial charge in [0.1, 0.15) is 18.2 Å². The summed E-state index contributed by atoms with van der Waals surface area (Å²) in [6.07, 6.45) is 6.93. The molecule has 166 valence electrons. The van der Waals surface area contributed by atoms with E-state index in [4.69, 9.17) is 0 Å². The Morgan fingerprint density at radius 3 is 2.12 bits per heavy atom. The van der Waals surface area contributed by atoms with Crippen molar-refractivity contribution in [3.05, 3.63) is 72.6 Å². The number of nitrogens with one attached hydrogen (secondary N) is 2. The molecule has 2 N–H and O–H groups in total. The van der Waals surface area contributed by atoms with Gasteiger partial charge < -0.3 is 10.6 Å². The highest BCUT2D eigenvalue weighted by Gasteiger charge is 2.11. The fourth-order valence-electron chi connectivity index (χ4n) is 3.38. The third kappa shape index (κ3) is 5.45. The molecule has 2 amide bonds. The highest BCUT2D eigenvalue weighted by atomic mass is 16.2. The van der Waals surface area contributed by atoms with Crippen LogP contribution in [0.25, 0.3) is 22.3 Å². The van der Waals surface area contributed by atoms with Crippen molar-refractivity contribution in [2.24, 2.45) is 0 Å². The van der Waals surface area contributed by atoms with Gasteiger partial charge >= 0.3 is 0 Å². The second-order valence-electron chi connectivity index (χ2n) is 7.61. The summed E-state index contributed by atoms with van der Waals surface area (Å²) in [6.45, 7) is 5.35. The fourth-order valence-corrected chi connectivity index (χ4v) is 3.38. The molecule has 4 rings (SSSR count). The molecule has 4 aromatic rings. The standard InChI is InChI=1S/C24H23N7O2/c1-15-10-18(8-9-25-15)21-13-31(30-16(21)2)14-24(33)29-23-7-5-20(12-27-23)19-4-6-22(26-11-19)28-17(3)32/h4-13H,14H2,1-3H3,(H,26,28,32)(H,27,29,33). The highest BCUT2D eigenvalue weighted by molar-refractivity contribution is 5.90. The van der Waals surface area contributed by atoms with Crippen molar-refractivity contribution < 1.29 is 9.59 Å². The van der Waals surface area contributed by atoms with Crippen molar-refractivity contribution in [2.45, 2.75) is 27.3 Å². The monoisotopic (exact) mass is 441 g/mol. The molecule has 0 saturated carbocycles. The summed E-state index contributed by atoms with van der Waals surface area (Å²) in [7, 11) is 0. The van der Waals surface area contributed by atoms with Crippen molar-refractivity contribution >= 4 is 23.5 Å². The van der Waals surface area contributed by atoms with E-state index < -0.39 is 0 Å². The average Bonchev–Trinajstić information content (AvgIpc) is 3.14. The average molecular weight is 441 g/mol. The fraction of sp³-hybridized carbons (Fsp3) is 0.167. The lowest BCUT2D eigenvalue weighted by molar-refractivity contribution is -0.117.